The summed E-state index contributed by atoms with van der Waals surface area (Å²) >= 11 is 5.89. The van der Waals surface area contributed by atoms with Crippen molar-refractivity contribution in [3.05, 3.63) is 47.0 Å². The molecule has 19 heavy (non-hydrogen) atoms. The Kier molecular flexibility index (Phi) is 3.79. The molecule has 0 aliphatic heterocycles. The Labute approximate surface area is 115 Å². The maximum absolute atomic E-state index is 9.01. The fourth-order valence-corrected chi connectivity index (χ4v) is 1.70. The zero-order valence-corrected chi connectivity index (χ0v) is 10.9. The van der Waals surface area contributed by atoms with Gasteiger partial charge in [-0.3, -0.25) is 0 Å². The Balaban J connectivity index is 2.36. The minimum Gasteiger partial charge on any atom is -0.497 e. The fourth-order valence-electron chi connectivity index (χ4n) is 1.54. The highest BCUT2D eigenvalue weighted by molar-refractivity contribution is 6.30. The van der Waals surface area contributed by atoms with Crippen molar-refractivity contribution in [2.75, 3.05) is 12.8 Å². The van der Waals surface area contributed by atoms with Gasteiger partial charge in [0.05, 0.1) is 18.4 Å². The highest BCUT2D eigenvalue weighted by atomic mass is 35.5. The van der Waals surface area contributed by atoms with Gasteiger partial charge < -0.3 is 15.2 Å². The monoisotopic (exact) mass is 274 g/mol. The molecule has 0 bridgehead atoms. The third kappa shape index (κ3) is 2.90. The van der Waals surface area contributed by atoms with Crippen LogP contribution in [0.15, 0.2) is 36.4 Å². The summed E-state index contributed by atoms with van der Waals surface area (Å²) in [6, 6.07) is 11.9. The standard InChI is InChI=1S/C14H11ClN2O2/c1-18-11-4-5-13(12(17)7-11)19-14-6-10(15)3-2-9(14)8-16/h2-7H,17H2,1H3. The molecule has 0 saturated carbocycles. The number of nitrogen functional groups attached to an aromatic ring is 1. The quantitative estimate of drug-likeness (QED) is 0.869. The van der Waals surface area contributed by atoms with E-state index in [9.17, 15) is 0 Å². The topological polar surface area (TPSA) is 68.3 Å². The molecule has 96 valence electrons. The van der Waals surface area contributed by atoms with Gasteiger partial charge in [0, 0.05) is 17.2 Å². The first-order valence-electron chi connectivity index (χ1n) is 5.45. The van der Waals surface area contributed by atoms with Crippen LogP contribution < -0.4 is 15.2 Å². The Morgan fingerprint density at radius 3 is 2.58 bits per heavy atom. The van der Waals surface area contributed by atoms with E-state index in [4.69, 9.17) is 32.1 Å². The molecule has 0 fully saturated rings. The molecule has 2 aromatic rings. The maximum atomic E-state index is 9.01. The van der Waals surface area contributed by atoms with E-state index >= 15 is 0 Å². The first-order valence-corrected chi connectivity index (χ1v) is 5.83. The van der Waals surface area contributed by atoms with E-state index in [1.807, 2.05) is 6.07 Å². The fraction of sp³-hybridized carbons (Fsp3) is 0.0714. The summed E-state index contributed by atoms with van der Waals surface area (Å²) in [6.07, 6.45) is 0. The van der Waals surface area contributed by atoms with Gasteiger partial charge in [-0.15, -0.1) is 0 Å². The zero-order chi connectivity index (χ0) is 13.8. The number of benzene rings is 2. The van der Waals surface area contributed by atoms with Crippen molar-refractivity contribution in [3.63, 3.8) is 0 Å². The molecule has 0 spiro atoms. The highest BCUT2D eigenvalue weighted by Crippen LogP contribution is 2.33. The number of nitriles is 1. The van der Waals surface area contributed by atoms with E-state index in [0.717, 1.165) is 0 Å². The third-order valence-corrected chi connectivity index (χ3v) is 2.74. The molecule has 0 unspecified atom stereocenters. The van der Waals surface area contributed by atoms with Crippen molar-refractivity contribution in [1.29, 1.82) is 5.26 Å². The number of halogens is 1. The number of ether oxygens (including phenoxy) is 2. The van der Waals surface area contributed by atoms with Crippen molar-refractivity contribution in [2.45, 2.75) is 0 Å². The minimum atomic E-state index is 0.367. The van der Waals surface area contributed by atoms with Crippen molar-refractivity contribution >= 4 is 17.3 Å². The summed E-state index contributed by atoms with van der Waals surface area (Å²) in [5.74, 6) is 1.45. The van der Waals surface area contributed by atoms with E-state index in [1.54, 1.807) is 43.5 Å². The Bertz CT molecular complexity index is 650. The second-order valence-corrected chi connectivity index (χ2v) is 4.19. The molecule has 0 radical (unpaired) electrons. The van der Waals surface area contributed by atoms with E-state index < -0.39 is 0 Å². The number of hydrogen-bond acceptors (Lipinski definition) is 4. The number of anilines is 1. The van der Waals surface area contributed by atoms with E-state index in [2.05, 4.69) is 0 Å². The molecule has 2 rings (SSSR count). The van der Waals surface area contributed by atoms with Gasteiger partial charge in [0.2, 0.25) is 0 Å². The third-order valence-electron chi connectivity index (χ3n) is 2.50. The van der Waals surface area contributed by atoms with Crippen molar-refractivity contribution in [3.8, 4) is 23.3 Å². The van der Waals surface area contributed by atoms with Gasteiger partial charge in [-0.25, -0.2) is 0 Å². The SMILES string of the molecule is COc1ccc(Oc2cc(Cl)ccc2C#N)c(N)c1. The molecule has 0 aliphatic carbocycles. The average Bonchev–Trinajstić information content (AvgIpc) is 2.41. The van der Waals surface area contributed by atoms with Gasteiger partial charge in [-0.1, -0.05) is 11.6 Å². The average molecular weight is 275 g/mol. The van der Waals surface area contributed by atoms with Crippen LogP contribution >= 0.6 is 11.6 Å². The summed E-state index contributed by atoms with van der Waals surface area (Å²) in [5, 5.41) is 9.50. The second kappa shape index (κ2) is 5.51. The lowest BCUT2D eigenvalue weighted by Gasteiger charge is -2.11. The molecule has 5 heteroatoms. The molecule has 0 heterocycles. The van der Waals surface area contributed by atoms with E-state index in [-0.39, 0.29) is 0 Å². The maximum Gasteiger partial charge on any atom is 0.150 e. The Hall–Kier alpha value is -2.38. The zero-order valence-electron chi connectivity index (χ0n) is 10.2. The van der Waals surface area contributed by atoms with Crippen molar-refractivity contribution in [1.82, 2.24) is 0 Å². The summed E-state index contributed by atoms with van der Waals surface area (Å²) < 4.78 is 10.7. The van der Waals surface area contributed by atoms with Gasteiger partial charge in [-0.05, 0) is 24.3 Å². The van der Waals surface area contributed by atoms with Gasteiger partial charge in [-0.2, -0.15) is 5.26 Å². The molecule has 2 N–H and O–H groups in total. The number of methoxy groups -OCH3 is 1. The molecule has 0 atom stereocenters. The largest absolute Gasteiger partial charge is 0.497 e. The van der Waals surface area contributed by atoms with Crippen LogP contribution in [0.4, 0.5) is 5.69 Å². The van der Waals surface area contributed by atoms with Gasteiger partial charge in [0.25, 0.3) is 0 Å². The predicted molar refractivity (Wildman–Crippen MR) is 73.6 cm³/mol. The van der Waals surface area contributed by atoms with Crippen LogP contribution in [0.1, 0.15) is 5.56 Å². The number of nitrogens with zero attached hydrogens (tertiary/aromatic N) is 1. The molecule has 0 saturated heterocycles. The van der Waals surface area contributed by atoms with Gasteiger partial charge in [0.1, 0.15) is 17.6 Å². The second-order valence-electron chi connectivity index (χ2n) is 3.76. The number of hydrogen-bond donors (Lipinski definition) is 1. The summed E-state index contributed by atoms with van der Waals surface area (Å²) in [6.45, 7) is 0. The smallest absolute Gasteiger partial charge is 0.150 e. The van der Waals surface area contributed by atoms with Crippen LogP contribution in [0.2, 0.25) is 5.02 Å². The molecule has 2 aromatic carbocycles. The van der Waals surface area contributed by atoms with Crippen LogP contribution in [0, 0.1) is 11.3 Å². The summed E-state index contributed by atoms with van der Waals surface area (Å²) in [7, 11) is 1.56. The van der Waals surface area contributed by atoms with E-state index in [1.165, 1.54) is 0 Å². The van der Waals surface area contributed by atoms with Crippen LogP contribution in [-0.4, -0.2) is 7.11 Å². The van der Waals surface area contributed by atoms with Crippen LogP contribution in [0.5, 0.6) is 17.2 Å². The first-order chi connectivity index (χ1) is 9.13. The molecule has 0 aliphatic rings. The lowest BCUT2D eigenvalue weighted by atomic mass is 10.2. The molecule has 0 amide bonds. The van der Waals surface area contributed by atoms with Crippen molar-refractivity contribution < 1.29 is 9.47 Å². The van der Waals surface area contributed by atoms with Crippen LogP contribution in [-0.2, 0) is 0 Å². The minimum absolute atomic E-state index is 0.367. The Morgan fingerprint density at radius 1 is 1.16 bits per heavy atom. The van der Waals surface area contributed by atoms with E-state index in [0.29, 0.717) is 33.5 Å². The summed E-state index contributed by atoms with van der Waals surface area (Å²) in [4.78, 5) is 0. The van der Waals surface area contributed by atoms with Gasteiger partial charge in [0.15, 0.2) is 5.75 Å². The van der Waals surface area contributed by atoms with Crippen molar-refractivity contribution in [2.24, 2.45) is 0 Å². The van der Waals surface area contributed by atoms with Gasteiger partial charge >= 0.3 is 0 Å². The van der Waals surface area contributed by atoms with Crippen LogP contribution in [0.3, 0.4) is 0 Å². The Morgan fingerprint density at radius 2 is 1.95 bits per heavy atom. The lowest BCUT2D eigenvalue weighted by Crippen LogP contribution is -1.95. The van der Waals surface area contributed by atoms with Crippen LogP contribution in [0.25, 0.3) is 0 Å². The lowest BCUT2D eigenvalue weighted by molar-refractivity contribution is 0.413. The number of rotatable bonds is 3. The summed E-state index contributed by atoms with van der Waals surface area (Å²) in [5.41, 5.74) is 6.66. The molecule has 4 nitrogen and oxygen atoms in total. The molecular formula is C14H11ClN2O2. The highest BCUT2D eigenvalue weighted by Gasteiger charge is 2.08. The molecule has 0 aromatic heterocycles. The predicted octanol–water partition coefficient (Wildman–Crippen LogP) is 3.59. The first kappa shape index (κ1) is 13.1. The molecular weight excluding hydrogens is 264 g/mol. The number of nitrogens with two attached hydrogens (primary N) is 1. The normalized spacial score (nSPS) is 9.74.